The molecule has 2 aromatic rings. The minimum atomic E-state index is 0.957. The number of aryl methyl sites for hydroxylation is 5. The lowest BCUT2D eigenvalue weighted by molar-refractivity contribution is -0.700. The van der Waals surface area contributed by atoms with Gasteiger partial charge in [-0.05, 0) is 43.5 Å². The molecule has 1 heterocycles. The molecular formula is C17H22N+. The van der Waals surface area contributed by atoms with Gasteiger partial charge < -0.3 is 0 Å². The first-order valence-corrected chi connectivity index (χ1v) is 6.51. The van der Waals surface area contributed by atoms with E-state index in [0.29, 0.717) is 0 Å². The Balaban J connectivity index is 2.37. The first-order valence-electron chi connectivity index (χ1n) is 6.51. The third-order valence-corrected chi connectivity index (χ3v) is 3.64. The van der Waals surface area contributed by atoms with Crippen LogP contribution in [-0.4, -0.2) is 0 Å². The number of nitrogens with zero attached hydrogens (tertiary/aromatic N) is 1. The van der Waals surface area contributed by atoms with Gasteiger partial charge in [-0.25, -0.2) is 0 Å². The Hall–Kier alpha value is -1.63. The fraction of sp³-hybridized carbons (Fsp3) is 0.353. The van der Waals surface area contributed by atoms with Crippen LogP contribution in [0.25, 0.3) is 0 Å². The van der Waals surface area contributed by atoms with Crippen LogP contribution in [0.3, 0.4) is 0 Å². The third kappa shape index (κ3) is 2.61. The first-order chi connectivity index (χ1) is 8.47. The Morgan fingerprint density at radius 1 is 0.778 bits per heavy atom. The van der Waals surface area contributed by atoms with Gasteiger partial charge in [0.25, 0.3) is 0 Å². The minimum Gasteiger partial charge on any atom is -0.196 e. The second-order valence-electron chi connectivity index (χ2n) is 5.32. The zero-order valence-corrected chi connectivity index (χ0v) is 12.0. The molecule has 0 fully saturated rings. The molecule has 2 rings (SSSR count). The van der Waals surface area contributed by atoms with Crippen molar-refractivity contribution in [3.63, 3.8) is 0 Å². The molecule has 1 nitrogen and oxygen atoms in total. The number of hydrogen-bond acceptors (Lipinski definition) is 0. The summed E-state index contributed by atoms with van der Waals surface area (Å²) in [6.45, 7) is 11.8. The summed E-state index contributed by atoms with van der Waals surface area (Å²) in [6.07, 6.45) is 0. The van der Waals surface area contributed by atoms with E-state index in [1.165, 1.54) is 33.6 Å². The highest BCUT2D eigenvalue weighted by Crippen LogP contribution is 2.10. The van der Waals surface area contributed by atoms with Gasteiger partial charge in [-0.2, -0.15) is 4.57 Å². The van der Waals surface area contributed by atoms with E-state index in [4.69, 9.17) is 0 Å². The summed E-state index contributed by atoms with van der Waals surface area (Å²) in [4.78, 5) is 0. The van der Waals surface area contributed by atoms with Crippen molar-refractivity contribution in [1.29, 1.82) is 0 Å². The maximum absolute atomic E-state index is 2.37. The summed E-state index contributed by atoms with van der Waals surface area (Å²) >= 11 is 0. The number of aromatic nitrogens is 1. The van der Waals surface area contributed by atoms with Crippen LogP contribution in [0.4, 0.5) is 0 Å². The minimum absolute atomic E-state index is 0.957. The molecule has 0 amide bonds. The Bertz CT molecular complexity index is 559. The highest BCUT2D eigenvalue weighted by atomic mass is 15.0. The van der Waals surface area contributed by atoms with Crippen LogP contribution >= 0.6 is 0 Å². The van der Waals surface area contributed by atoms with E-state index in [9.17, 15) is 0 Å². The normalized spacial score (nSPS) is 10.7. The van der Waals surface area contributed by atoms with Crippen LogP contribution in [0.5, 0.6) is 0 Å². The molecule has 18 heavy (non-hydrogen) atoms. The van der Waals surface area contributed by atoms with Crippen molar-refractivity contribution in [2.75, 3.05) is 0 Å². The number of pyridine rings is 1. The van der Waals surface area contributed by atoms with Gasteiger partial charge in [0.15, 0.2) is 17.9 Å². The van der Waals surface area contributed by atoms with Crippen molar-refractivity contribution in [3.05, 3.63) is 64.0 Å². The molecule has 0 aliphatic carbocycles. The average molecular weight is 240 g/mol. The molecule has 0 atom stereocenters. The average Bonchev–Trinajstić information content (AvgIpc) is 2.28. The van der Waals surface area contributed by atoms with E-state index in [1.807, 2.05) is 0 Å². The predicted molar refractivity (Wildman–Crippen MR) is 75.9 cm³/mol. The quantitative estimate of drug-likeness (QED) is 0.707. The van der Waals surface area contributed by atoms with Gasteiger partial charge in [0.1, 0.15) is 0 Å². The third-order valence-electron chi connectivity index (χ3n) is 3.64. The number of hydrogen-bond donors (Lipinski definition) is 0. The standard InChI is InChI=1S/C17H22N/c1-12-8-15(4)18(16(5)9-12)11-17-7-6-13(2)14(3)10-17/h6-10H,11H2,1-5H3/q+1. The molecule has 0 saturated carbocycles. The van der Waals surface area contributed by atoms with Crippen molar-refractivity contribution in [1.82, 2.24) is 0 Å². The van der Waals surface area contributed by atoms with E-state index in [-0.39, 0.29) is 0 Å². The van der Waals surface area contributed by atoms with Gasteiger partial charge in [0.2, 0.25) is 0 Å². The van der Waals surface area contributed by atoms with E-state index in [0.717, 1.165) is 6.54 Å². The van der Waals surface area contributed by atoms with Crippen molar-refractivity contribution in [2.24, 2.45) is 0 Å². The molecule has 0 bridgehead atoms. The van der Waals surface area contributed by atoms with Crippen LogP contribution in [0.15, 0.2) is 30.3 Å². The van der Waals surface area contributed by atoms with Gasteiger partial charge in [0, 0.05) is 31.5 Å². The molecule has 0 aliphatic heterocycles. The Kier molecular flexibility index (Phi) is 3.51. The van der Waals surface area contributed by atoms with E-state index in [2.05, 4.69) is 69.5 Å². The zero-order valence-electron chi connectivity index (χ0n) is 12.0. The first kappa shape index (κ1) is 12.8. The SMILES string of the molecule is Cc1cc(C)[n+](Cc2ccc(C)c(C)c2)c(C)c1. The lowest BCUT2D eigenvalue weighted by atomic mass is 10.1. The number of rotatable bonds is 2. The van der Waals surface area contributed by atoms with Crippen LogP contribution in [0, 0.1) is 34.6 Å². The molecule has 1 heteroatoms. The molecule has 0 spiro atoms. The monoisotopic (exact) mass is 240 g/mol. The van der Waals surface area contributed by atoms with Crippen molar-refractivity contribution in [3.8, 4) is 0 Å². The van der Waals surface area contributed by atoms with Gasteiger partial charge in [-0.15, -0.1) is 0 Å². The molecule has 0 aliphatic rings. The molecule has 94 valence electrons. The Morgan fingerprint density at radius 3 is 1.94 bits per heavy atom. The van der Waals surface area contributed by atoms with Crippen LogP contribution in [0.1, 0.15) is 33.6 Å². The fourth-order valence-electron chi connectivity index (χ4n) is 2.47. The Morgan fingerprint density at radius 2 is 1.39 bits per heavy atom. The lowest BCUT2D eigenvalue weighted by Gasteiger charge is -2.07. The lowest BCUT2D eigenvalue weighted by Crippen LogP contribution is -2.40. The topological polar surface area (TPSA) is 3.88 Å². The molecular weight excluding hydrogens is 218 g/mol. The second-order valence-corrected chi connectivity index (χ2v) is 5.32. The summed E-state index contributed by atoms with van der Waals surface area (Å²) in [5.74, 6) is 0. The van der Waals surface area contributed by atoms with Crippen molar-refractivity contribution >= 4 is 0 Å². The molecule has 1 aromatic heterocycles. The molecule has 1 aromatic carbocycles. The fourth-order valence-corrected chi connectivity index (χ4v) is 2.47. The summed E-state index contributed by atoms with van der Waals surface area (Å²) in [7, 11) is 0. The predicted octanol–water partition coefficient (Wildman–Crippen LogP) is 3.56. The smallest absolute Gasteiger partial charge is 0.179 e. The van der Waals surface area contributed by atoms with Crippen LogP contribution in [-0.2, 0) is 6.54 Å². The molecule has 0 saturated heterocycles. The van der Waals surface area contributed by atoms with Crippen LogP contribution in [0.2, 0.25) is 0 Å². The van der Waals surface area contributed by atoms with Crippen LogP contribution < -0.4 is 4.57 Å². The molecule has 0 N–H and O–H groups in total. The van der Waals surface area contributed by atoms with Crippen molar-refractivity contribution in [2.45, 2.75) is 41.2 Å². The highest BCUT2D eigenvalue weighted by molar-refractivity contribution is 5.29. The highest BCUT2D eigenvalue weighted by Gasteiger charge is 2.12. The maximum atomic E-state index is 2.37. The van der Waals surface area contributed by atoms with Gasteiger partial charge in [-0.3, -0.25) is 0 Å². The van der Waals surface area contributed by atoms with E-state index >= 15 is 0 Å². The summed E-state index contributed by atoms with van der Waals surface area (Å²) < 4.78 is 2.37. The number of benzene rings is 1. The summed E-state index contributed by atoms with van der Waals surface area (Å²) in [5, 5.41) is 0. The Labute approximate surface area is 110 Å². The summed E-state index contributed by atoms with van der Waals surface area (Å²) in [5.41, 5.74) is 8.09. The zero-order chi connectivity index (χ0) is 13.3. The molecule has 0 radical (unpaired) electrons. The summed E-state index contributed by atoms with van der Waals surface area (Å²) in [6, 6.07) is 11.2. The second kappa shape index (κ2) is 4.93. The van der Waals surface area contributed by atoms with Gasteiger partial charge >= 0.3 is 0 Å². The molecule has 0 unspecified atom stereocenters. The van der Waals surface area contributed by atoms with Gasteiger partial charge in [0.05, 0.1) is 0 Å². The van der Waals surface area contributed by atoms with E-state index in [1.54, 1.807) is 0 Å². The van der Waals surface area contributed by atoms with E-state index < -0.39 is 0 Å². The largest absolute Gasteiger partial charge is 0.196 e. The van der Waals surface area contributed by atoms with Crippen molar-refractivity contribution < 1.29 is 4.57 Å². The van der Waals surface area contributed by atoms with Gasteiger partial charge in [-0.1, -0.05) is 12.1 Å². The maximum Gasteiger partial charge on any atom is 0.179 e.